The zero-order valence-corrected chi connectivity index (χ0v) is 15.3. The molecule has 0 radical (unpaired) electrons. The number of ether oxygens (including phenoxy) is 3. The van der Waals surface area contributed by atoms with E-state index in [9.17, 15) is 0 Å². The summed E-state index contributed by atoms with van der Waals surface area (Å²) in [4.78, 5) is 0. The molecule has 3 nitrogen and oxygen atoms in total. The number of epoxide rings is 3. The fraction of sp³-hybridized carbons (Fsp3) is 0.900. The van der Waals surface area contributed by atoms with E-state index in [0.29, 0.717) is 30.1 Å². The Morgan fingerprint density at radius 2 is 1.52 bits per heavy atom. The molecular weight excluding hydrogens is 288 g/mol. The molecule has 0 aromatic heterocycles. The number of hydrogen-bond acceptors (Lipinski definition) is 3. The Morgan fingerprint density at radius 3 is 2.26 bits per heavy atom. The van der Waals surface area contributed by atoms with E-state index >= 15 is 0 Å². The van der Waals surface area contributed by atoms with Gasteiger partial charge in [-0.2, -0.15) is 0 Å². The standard InChI is InChI=1S/C20H32O3/c1-13(2)14-6-9-18(3)15(21-18)8-11-20(5)17(23-20)12-16-19(4,22-16)10-7-14/h7,10,13-17H,6,8-9,11-12H2,1-5H3/b10-7+/t14-,15+,16-,17+,18+,19+,20+/m1/s1. The Labute approximate surface area is 140 Å². The van der Waals surface area contributed by atoms with E-state index in [4.69, 9.17) is 14.2 Å². The average molecular weight is 320 g/mol. The monoisotopic (exact) mass is 320 g/mol. The molecule has 3 saturated heterocycles. The van der Waals surface area contributed by atoms with Gasteiger partial charge in [0, 0.05) is 6.42 Å². The van der Waals surface area contributed by atoms with Gasteiger partial charge in [0.2, 0.25) is 0 Å². The summed E-state index contributed by atoms with van der Waals surface area (Å²) in [6.45, 7) is 11.4. The van der Waals surface area contributed by atoms with Crippen molar-refractivity contribution in [3.8, 4) is 0 Å². The molecular formula is C20H32O3. The van der Waals surface area contributed by atoms with Gasteiger partial charge in [-0.25, -0.2) is 0 Å². The molecule has 0 aromatic rings. The lowest BCUT2D eigenvalue weighted by molar-refractivity contribution is 0.261. The van der Waals surface area contributed by atoms with Crippen molar-refractivity contribution in [2.75, 3.05) is 0 Å². The molecule has 0 aromatic carbocycles. The largest absolute Gasteiger partial charge is 0.366 e. The minimum Gasteiger partial charge on any atom is -0.366 e. The summed E-state index contributed by atoms with van der Waals surface area (Å²) < 4.78 is 18.1. The van der Waals surface area contributed by atoms with Gasteiger partial charge in [0.05, 0.1) is 29.5 Å². The van der Waals surface area contributed by atoms with Crippen LogP contribution in [0.3, 0.4) is 0 Å². The molecule has 7 atom stereocenters. The third-order valence-corrected chi connectivity index (χ3v) is 6.88. The first-order valence-corrected chi connectivity index (χ1v) is 9.47. The van der Waals surface area contributed by atoms with Gasteiger partial charge in [-0.05, 0) is 58.3 Å². The molecule has 3 heterocycles. The van der Waals surface area contributed by atoms with E-state index in [-0.39, 0.29) is 16.8 Å². The maximum absolute atomic E-state index is 6.07. The number of hydrogen-bond donors (Lipinski definition) is 0. The lowest BCUT2D eigenvalue weighted by Crippen LogP contribution is -2.19. The summed E-state index contributed by atoms with van der Waals surface area (Å²) in [5, 5.41) is 0. The first-order chi connectivity index (χ1) is 10.7. The van der Waals surface area contributed by atoms with Crippen LogP contribution in [0.5, 0.6) is 0 Å². The van der Waals surface area contributed by atoms with Crippen LogP contribution in [0.25, 0.3) is 0 Å². The van der Waals surface area contributed by atoms with Crippen LogP contribution in [0.4, 0.5) is 0 Å². The normalized spacial score (nSPS) is 56.8. The van der Waals surface area contributed by atoms with Gasteiger partial charge in [0.15, 0.2) is 0 Å². The number of fused-ring (bicyclic) bond motifs is 3. The van der Waals surface area contributed by atoms with Crippen LogP contribution in [0.2, 0.25) is 0 Å². The lowest BCUT2D eigenvalue weighted by atomic mass is 9.84. The lowest BCUT2D eigenvalue weighted by Gasteiger charge is -2.19. The van der Waals surface area contributed by atoms with Crippen LogP contribution in [0.1, 0.15) is 66.7 Å². The van der Waals surface area contributed by atoms with E-state index in [0.717, 1.165) is 25.7 Å². The van der Waals surface area contributed by atoms with Crippen molar-refractivity contribution in [1.29, 1.82) is 0 Å². The van der Waals surface area contributed by atoms with Crippen LogP contribution in [0, 0.1) is 11.8 Å². The molecule has 0 spiro atoms. The minimum absolute atomic E-state index is 0.0629. The van der Waals surface area contributed by atoms with Crippen molar-refractivity contribution in [1.82, 2.24) is 0 Å². The summed E-state index contributed by atoms with van der Waals surface area (Å²) in [6, 6.07) is 0. The Kier molecular flexibility index (Phi) is 3.54. The SMILES string of the molecule is CC(C)[C@H]1/C=C/[C@]2(C)O[C@@H]2C[C@@H]2O[C@@]2(C)CC[C@@H]2O[C@@]2(C)CC1. The predicted molar refractivity (Wildman–Crippen MR) is 90.4 cm³/mol. The predicted octanol–water partition coefficient (Wildman–Crippen LogP) is 4.25. The quantitative estimate of drug-likeness (QED) is 0.535. The smallest absolute Gasteiger partial charge is 0.110 e. The highest BCUT2D eigenvalue weighted by Gasteiger charge is 2.61. The number of rotatable bonds is 1. The summed E-state index contributed by atoms with van der Waals surface area (Å²) in [5.41, 5.74) is 0.106. The molecule has 0 N–H and O–H groups in total. The van der Waals surface area contributed by atoms with Crippen LogP contribution >= 0.6 is 0 Å². The van der Waals surface area contributed by atoms with Gasteiger partial charge in [0.25, 0.3) is 0 Å². The number of allylic oxidation sites excluding steroid dienone is 1. The highest BCUT2D eigenvalue weighted by atomic mass is 16.6. The minimum atomic E-state index is -0.0629. The van der Waals surface area contributed by atoms with E-state index < -0.39 is 0 Å². The third kappa shape index (κ3) is 3.01. The molecule has 3 aliphatic heterocycles. The molecule has 3 fully saturated rings. The summed E-state index contributed by atoms with van der Waals surface area (Å²) in [7, 11) is 0. The fourth-order valence-electron chi connectivity index (χ4n) is 4.42. The van der Waals surface area contributed by atoms with Gasteiger partial charge >= 0.3 is 0 Å². The van der Waals surface area contributed by atoms with Crippen molar-refractivity contribution in [2.24, 2.45) is 11.8 Å². The third-order valence-electron chi connectivity index (χ3n) is 6.88. The topological polar surface area (TPSA) is 37.6 Å². The van der Waals surface area contributed by atoms with Crippen molar-refractivity contribution < 1.29 is 14.2 Å². The molecule has 0 saturated carbocycles. The van der Waals surface area contributed by atoms with Crippen LogP contribution in [-0.4, -0.2) is 35.1 Å². The molecule has 1 aliphatic carbocycles. The molecule has 23 heavy (non-hydrogen) atoms. The van der Waals surface area contributed by atoms with Gasteiger partial charge in [-0.15, -0.1) is 0 Å². The summed E-state index contributed by atoms with van der Waals surface area (Å²) in [5.74, 6) is 1.28. The Bertz CT molecular complexity index is 515. The van der Waals surface area contributed by atoms with Gasteiger partial charge < -0.3 is 14.2 Å². The van der Waals surface area contributed by atoms with Gasteiger partial charge in [-0.1, -0.05) is 26.0 Å². The van der Waals surface area contributed by atoms with Gasteiger partial charge in [-0.3, -0.25) is 0 Å². The van der Waals surface area contributed by atoms with Crippen molar-refractivity contribution in [3.05, 3.63) is 12.2 Å². The zero-order chi connectivity index (χ0) is 16.5. The summed E-state index contributed by atoms with van der Waals surface area (Å²) >= 11 is 0. The fourth-order valence-corrected chi connectivity index (χ4v) is 4.42. The molecule has 4 rings (SSSR count). The second-order valence-electron chi connectivity index (χ2n) is 9.21. The van der Waals surface area contributed by atoms with Crippen molar-refractivity contribution in [2.45, 2.75) is 102 Å². The maximum atomic E-state index is 6.07. The molecule has 130 valence electrons. The molecule has 0 amide bonds. The van der Waals surface area contributed by atoms with Gasteiger partial charge in [0.1, 0.15) is 5.60 Å². The Morgan fingerprint density at radius 1 is 0.870 bits per heavy atom. The first-order valence-electron chi connectivity index (χ1n) is 9.47. The molecule has 0 bridgehead atoms. The second kappa shape index (κ2) is 5.06. The van der Waals surface area contributed by atoms with Crippen LogP contribution < -0.4 is 0 Å². The molecule has 3 heteroatoms. The highest BCUT2D eigenvalue weighted by molar-refractivity contribution is 5.18. The van der Waals surface area contributed by atoms with Crippen LogP contribution in [0.15, 0.2) is 12.2 Å². The highest BCUT2D eigenvalue weighted by Crippen LogP contribution is 2.52. The van der Waals surface area contributed by atoms with E-state index in [1.165, 1.54) is 6.42 Å². The zero-order valence-electron chi connectivity index (χ0n) is 15.3. The second-order valence-corrected chi connectivity index (χ2v) is 9.21. The van der Waals surface area contributed by atoms with Crippen molar-refractivity contribution >= 4 is 0 Å². The maximum Gasteiger partial charge on any atom is 0.110 e. The van der Waals surface area contributed by atoms with Crippen molar-refractivity contribution in [3.63, 3.8) is 0 Å². The molecule has 4 aliphatic rings. The first kappa shape index (κ1) is 16.1. The Balaban J connectivity index is 1.49. The van der Waals surface area contributed by atoms with E-state index in [1.54, 1.807) is 0 Å². The van der Waals surface area contributed by atoms with E-state index in [2.05, 4.69) is 46.8 Å². The molecule has 0 unspecified atom stereocenters. The van der Waals surface area contributed by atoms with E-state index in [1.807, 2.05) is 0 Å². The average Bonchev–Trinajstić information content (AvgIpc) is 3.39. The van der Waals surface area contributed by atoms with Crippen LogP contribution in [-0.2, 0) is 14.2 Å². The Hall–Kier alpha value is -0.380. The summed E-state index contributed by atoms with van der Waals surface area (Å²) in [6.07, 6.45) is 11.5.